The Morgan fingerprint density at radius 2 is 1.97 bits per heavy atom. The van der Waals surface area contributed by atoms with Crippen LogP contribution in [-0.4, -0.2) is 22.6 Å². The van der Waals surface area contributed by atoms with Gasteiger partial charge in [0.2, 0.25) is 0 Å². The highest BCUT2D eigenvalue weighted by atomic mass is 32.2. The highest BCUT2D eigenvalue weighted by Crippen LogP contribution is 2.35. The van der Waals surface area contributed by atoms with Crippen LogP contribution in [0.5, 0.6) is 0 Å². The Balaban J connectivity index is 1.63. The van der Waals surface area contributed by atoms with Crippen molar-refractivity contribution < 1.29 is 13.6 Å². The second-order valence-electron chi connectivity index (χ2n) is 6.93. The fourth-order valence-electron chi connectivity index (χ4n) is 3.30. The van der Waals surface area contributed by atoms with Crippen LogP contribution < -0.4 is 5.48 Å². The molecule has 1 aliphatic heterocycles. The molecule has 5 nitrogen and oxygen atoms in total. The average molecular weight is 455 g/mol. The molecule has 31 heavy (non-hydrogen) atoms. The maximum absolute atomic E-state index is 14.3. The Hall–Kier alpha value is -2.88. The zero-order valence-electron chi connectivity index (χ0n) is 16.3. The summed E-state index contributed by atoms with van der Waals surface area (Å²) in [6.45, 7) is 2.45. The zero-order chi connectivity index (χ0) is 21.4. The number of aliphatic imine (C=N–C) groups is 1. The van der Waals surface area contributed by atoms with Crippen molar-refractivity contribution in [3.05, 3.63) is 81.5 Å². The molecule has 4 aromatic rings. The van der Waals surface area contributed by atoms with E-state index in [2.05, 4.69) is 21.7 Å². The quantitative estimate of drug-likeness (QED) is 0.444. The van der Waals surface area contributed by atoms with Gasteiger partial charge in [0.1, 0.15) is 29.3 Å². The second kappa shape index (κ2) is 8.33. The van der Waals surface area contributed by atoms with Gasteiger partial charge in [-0.05, 0) is 37.3 Å². The van der Waals surface area contributed by atoms with Gasteiger partial charge in [-0.15, -0.1) is 21.5 Å². The molecule has 0 fully saturated rings. The molecule has 156 valence electrons. The van der Waals surface area contributed by atoms with Gasteiger partial charge in [-0.2, -0.15) is 0 Å². The largest absolute Gasteiger partial charge is 0.272 e. The molecular weight excluding hydrogens is 438 g/mol. The standard InChI is InChI=1S/C22H16F2N4OS2/c1-12-6-8-19(30-12)17-11-29-28-21(25-17)20-14-4-2-3-5-16(14)26-27-22(20)31-18-9-7-13(23)10-15(18)24/h2-10,17H,11H2,1H3,(H,25,28)/t17-/m1/s1. The predicted octanol–water partition coefficient (Wildman–Crippen LogP) is 5.45. The van der Waals surface area contributed by atoms with E-state index in [9.17, 15) is 8.78 Å². The van der Waals surface area contributed by atoms with Crippen LogP contribution in [0.2, 0.25) is 0 Å². The first-order chi connectivity index (χ1) is 15.1. The molecule has 0 unspecified atom stereocenters. The van der Waals surface area contributed by atoms with E-state index in [0.717, 1.165) is 28.1 Å². The highest BCUT2D eigenvalue weighted by molar-refractivity contribution is 7.99. The zero-order valence-corrected chi connectivity index (χ0v) is 17.9. The summed E-state index contributed by atoms with van der Waals surface area (Å²) in [5, 5.41) is 9.85. The summed E-state index contributed by atoms with van der Waals surface area (Å²) in [7, 11) is 0. The third-order valence-corrected chi connectivity index (χ3v) is 6.89. The van der Waals surface area contributed by atoms with Crippen LogP contribution in [0.1, 0.15) is 21.4 Å². The van der Waals surface area contributed by atoms with E-state index >= 15 is 0 Å². The number of thiophene rings is 1. The van der Waals surface area contributed by atoms with Crippen LogP contribution in [0.15, 0.2) is 69.5 Å². The van der Waals surface area contributed by atoms with Crippen LogP contribution in [0.4, 0.5) is 8.78 Å². The smallest absolute Gasteiger partial charge is 0.156 e. The van der Waals surface area contributed by atoms with E-state index in [-0.39, 0.29) is 10.9 Å². The molecule has 2 aromatic heterocycles. The fraction of sp³-hybridized carbons (Fsp3) is 0.136. The number of amidine groups is 1. The van der Waals surface area contributed by atoms with Gasteiger partial charge in [-0.25, -0.2) is 14.3 Å². The number of aromatic nitrogens is 2. The monoisotopic (exact) mass is 454 g/mol. The molecule has 5 rings (SSSR count). The normalized spacial score (nSPS) is 16.2. The molecule has 9 heteroatoms. The minimum atomic E-state index is -0.660. The van der Waals surface area contributed by atoms with E-state index in [1.807, 2.05) is 37.3 Å². The number of nitrogens with zero attached hydrogens (tertiary/aromatic N) is 3. The molecule has 0 radical (unpaired) electrons. The molecule has 0 saturated heterocycles. The van der Waals surface area contributed by atoms with Crippen LogP contribution in [-0.2, 0) is 4.84 Å². The Morgan fingerprint density at radius 1 is 1.10 bits per heavy atom. The third kappa shape index (κ3) is 4.04. The van der Waals surface area contributed by atoms with Gasteiger partial charge in [0, 0.05) is 26.1 Å². The maximum atomic E-state index is 14.3. The lowest BCUT2D eigenvalue weighted by molar-refractivity contribution is 0.0628. The molecular formula is C22H16F2N4OS2. The Bertz CT molecular complexity index is 1310. The van der Waals surface area contributed by atoms with Gasteiger partial charge in [-0.3, -0.25) is 9.83 Å². The summed E-state index contributed by atoms with van der Waals surface area (Å²) in [6.07, 6.45) is 0. The summed E-state index contributed by atoms with van der Waals surface area (Å²) in [6, 6.07) is 14.9. The fourth-order valence-corrected chi connectivity index (χ4v) is 5.09. The molecule has 3 heterocycles. The number of fused-ring (bicyclic) bond motifs is 1. The first kappa shape index (κ1) is 20.0. The van der Waals surface area contributed by atoms with E-state index < -0.39 is 11.6 Å². The van der Waals surface area contributed by atoms with Crippen molar-refractivity contribution in [2.24, 2.45) is 4.99 Å². The summed E-state index contributed by atoms with van der Waals surface area (Å²) >= 11 is 2.74. The molecule has 0 aliphatic carbocycles. The van der Waals surface area contributed by atoms with E-state index in [1.165, 1.54) is 17.0 Å². The van der Waals surface area contributed by atoms with Crippen molar-refractivity contribution in [2.45, 2.75) is 22.9 Å². The number of hydroxylamine groups is 1. The van der Waals surface area contributed by atoms with E-state index in [1.54, 1.807) is 11.3 Å². The molecule has 0 bridgehead atoms. The van der Waals surface area contributed by atoms with Crippen LogP contribution >= 0.6 is 23.1 Å². The minimum Gasteiger partial charge on any atom is -0.272 e. The molecule has 0 spiro atoms. The van der Waals surface area contributed by atoms with Crippen molar-refractivity contribution in [3.8, 4) is 0 Å². The van der Waals surface area contributed by atoms with Crippen molar-refractivity contribution in [1.29, 1.82) is 0 Å². The predicted molar refractivity (Wildman–Crippen MR) is 117 cm³/mol. The molecule has 1 aliphatic rings. The number of benzene rings is 2. The van der Waals surface area contributed by atoms with Crippen molar-refractivity contribution in [2.75, 3.05) is 6.61 Å². The third-order valence-electron chi connectivity index (χ3n) is 4.76. The first-order valence-corrected chi connectivity index (χ1v) is 11.1. The number of hydrogen-bond donors (Lipinski definition) is 1. The highest BCUT2D eigenvalue weighted by Gasteiger charge is 2.25. The number of halogens is 2. The Morgan fingerprint density at radius 3 is 2.77 bits per heavy atom. The van der Waals surface area contributed by atoms with Crippen LogP contribution in [0, 0.1) is 18.6 Å². The van der Waals surface area contributed by atoms with Gasteiger partial charge in [0.25, 0.3) is 0 Å². The topological polar surface area (TPSA) is 59.4 Å². The average Bonchev–Trinajstić information content (AvgIpc) is 3.22. The van der Waals surface area contributed by atoms with Gasteiger partial charge in [-0.1, -0.05) is 30.0 Å². The Kier molecular flexibility index (Phi) is 5.39. The summed E-state index contributed by atoms with van der Waals surface area (Å²) in [4.78, 5) is 13.1. The summed E-state index contributed by atoms with van der Waals surface area (Å²) in [5.74, 6) is -0.793. The lowest BCUT2D eigenvalue weighted by Crippen LogP contribution is -2.33. The van der Waals surface area contributed by atoms with Crippen LogP contribution in [0.3, 0.4) is 0 Å². The second-order valence-corrected chi connectivity index (χ2v) is 9.28. The van der Waals surface area contributed by atoms with Gasteiger partial charge in [0.05, 0.1) is 11.1 Å². The molecule has 2 aromatic carbocycles. The maximum Gasteiger partial charge on any atom is 0.156 e. The van der Waals surface area contributed by atoms with Crippen molar-refractivity contribution in [1.82, 2.24) is 15.7 Å². The lowest BCUT2D eigenvalue weighted by Gasteiger charge is -2.23. The SMILES string of the molecule is Cc1ccc([C@H]2CONC(c3c(Sc4ccc(F)cc4F)nnc4ccccc34)=N2)s1. The van der Waals surface area contributed by atoms with Crippen molar-refractivity contribution in [3.63, 3.8) is 0 Å². The first-order valence-electron chi connectivity index (χ1n) is 9.49. The molecule has 1 N–H and O–H groups in total. The van der Waals surface area contributed by atoms with Gasteiger partial charge in [0.15, 0.2) is 5.84 Å². The van der Waals surface area contributed by atoms with E-state index in [0.29, 0.717) is 28.5 Å². The van der Waals surface area contributed by atoms with Crippen molar-refractivity contribution >= 4 is 39.8 Å². The molecule has 1 atom stereocenters. The Labute approximate surface area is 185 Å². The lowest BCUT2D eigenvalue weighted by atomic mass is 10.1. The van der Waals surface area contributed by atoms with E-state index in [4.69, 9.17) is 9.83 Å². The number of hydrogen-bond acceptors (Lipinski definition) is 7. The molecule has 0 saturated carbocycles. The summed E-state index contributed by atoms with van der Waals surface area (Å²) < 4.78 is 27.7. The number of nitrogens with one attached hydrogen (secondary N) is 1. The molecule has 0 amide bonds. The van der Waals surface area contributed by atoms with Gasteiger partial charge < -0.3 is 0 Å². The minimum absolute atomic E-state index is 0.165. The summed E-state index contributed by atoms with van der Waals surface area (Å²) in [5.41, 5.74) is 4.25. The number of rotatable bonds is 4. The number of aryl methyl sites for hydroxylation is 1. The van der Waals surface area contributed by atoms with Gasteiger partial charge >= 0.3 is 0 Å². The van der Waals surface area contributed by atoms with Crippen LogP contribution in [0.25, 0.3) is 10.9 Å².